The third-order valence-electron chi connectivity index (χ3n) is 5.27. The first kappa shape index (κ1) is 22.9. The molecule has 1 aromatic heterocycles. The molecule has 4 nitrogen and oxygen atoms in total. The lowest BCUT2D eigenvalue weighted by Gasteiger charge is -2.23. The van der Waals surface area contributed by atoms with Crippen molar-refractivity contribution in [2.24, 2.45) is 0 Å². The number of unbranched alkanes of at least 4 members (excludes halogenated alkanes) is 10. The highest BCUT2D eigenvalue weighted by molar-refractivity contribution is 5.66. The Morgan fingerprint density at radius 1 is 0.724 bits per heavy atom. The fraction of sp³-hybridized carbons (Fsp3) is 0.520. The lowest BCUT2D eigenvalue weighted by molar-refractivity contribution is -0.137. The molecule has 0 bridgehead atoms. The Morgan fingerprint density at radius 2 is 1.28 bits per heavy atom. The Morgan fingerprint density at radius 3 is 1.83 bits per heavy atom. The van der Waals surface area contributed by atoms with Crippen LogP contribution < -0.4 is 4.90 Å². The first-order valence-corrected chi connectivity index (χ1v) is 11.2. The number of carboxylic acids is 1. The van der Waals surface area contributed by atoms with Crippen LogP contribution in [0.3, 0.4) is 0 Å². The topological polar surface area (TPSA) is 53.4 Å². The summed E-state index contributed by atoms with van der Waals surface area (Å²) in [6.45, 7) is 0.997. The number of aromatic nitrogens is 1. The standard InChI is InChI=1S/C25H36N2O2/c28-25(29)20-13-8-6-4-2-1-3-5-7-9-16-22-27(23-17-11-10-12-18-23)24-19-14-15-21-26-24/h10-12,14-15,17-19,21H,1-9,13,16,20,22H2,(H,28,29). The van der Waals surface area contributed by atoms with Gasteiger partial charge in [-0.05, 0) is 37.1 Å². The van der Waals surface area contributed by atoms with Gasteiger partial charge in [-0.15, -0.1) is 0 Å². The highest BCUT2D eigenvalue weighted by Crippen LogP contribution is 2.23. The van der Waals surface area contributed by atoms with Crippen molar-refractivity contribution in [2.45, 2.75) is 77.0 Å². The molecule has 1 N–H and O–H groups in total. The van der Waals surface area contributed by atoms with Crippen LogP contribution in [-0.4, -0.2) is 22.6 Å². The minimum atomic E-state index is -0.670. The summed E-state index contributed by atoms with van der Waals surface area (Å²) in [6.07, 6.45) is 15.4. The lowest BCUT2D eigenvalue weighted by Crippen LogP contribution is -2.19. The largest absolute Gasteiger partial charge is 0.481 e. The van der Waals surface area contributed by atoms with Crippen molar-refractivity contribution in [3.63, 3.8) is 0 Å². The molecule has 0 aliphatic carbocycles. The minimum Gasteiger partial charge on any atom is -0.481 e. The van der Waals surface area contributed by atoms with Crippen molar-refractivity contribution in [2.75, 3.05) is 11.4 Å². The fourth-order valence-electron chi connectivity index (χ4n) is 3.63. The van der Waals surface area contributed by atoms with E-state index in [1.54, 1.807) is 0 Å². The molecular weight excluding hydrogens is 360 g/mol. The van der Waals surface area contributed by atoms with Gasteiger partial charge in [0.1, 0.15) is 5.82 Å². The van der Waals surface area contributed by atoms with Crippen molar-refractivity contribution < 1.29 is 9.90 Å². The van der Waals surface area contributed by atoms with Crippen molar-refractivity contribution in [3.8, 4) is 0 Å². The Balaban J connectivity index is 1.54. The van der Waals surface area contributed by atoms with E-state index < -0.39 is 5.97 Å². The molecule has 0 saturated carbocycles. The highest BCUT2D eigenvalue weighted by atomic mass is 16.4. The maximum Gasteiger partial charge on any atom is 0.303 e. The fourth-order valence-corrected chi connectivity index (χ4v) is 3.63. The van der Waals surface area contributed by atoms with E-state index in [2.05, 4.69) is 46.3 Å². The molecule has 0 unspecified atom stereocenters. The Labute approximate surface area is 176 Å². The van der Waals surface area contributed by atoms with E-state index in [1.807, 2.05) is 18.3 Å². The Bertz CT molecular complexity index is 622. The maximum absolute atomic E-state index is 10.5. The van der Waals surface area contributed by atoms with Crippen LogP contribution in [0.25, 0.3) is 0 Å². The summed E-state index contributed by atoms with van der Waals surface area (Å²) in [4.78, 5) is 17.3. The molecule has 4 heteroatoms. The average Bonchev–Trinajstić information content (AvgIpc) is 2.75. The van der Waals surface area contributed by atoms with E-state index in [4.69, 9.17) is 5.11 Å². The second-order valence-electron chi connectivity index (χ2n) is 7.71. The van der Waals surface area contributed by atoms with Gasteiger partial charge in [0.15, 0.2) is 0 Å². The summed E-state index contributed by atoms with van der Waals surface area (Å²) in [7, 11) is 0. The molecule has 2 aromatic rings. The van der Waals surface area contributed by atoms with Crippen LogP contribution in [0.2, 0.25) is 0 Å². The third-order valence-corrected chi connectivity index (χ3v) is 5.27. The molecule has 0 fully saturated rings. The van der Waals surface area contributed by atoms with Crippen LogP contribution in [0.4, 0.5) is 11.5 Å². The van der Waals surface area contributed by atoms with Gasteiger partial charge in [-0.2, -0.15) is 0 Å². The van der Waals surface area contributed by atoms with Crippen molar-refractivity contribution in [3.05, 3.63) is 54.7 Å². The van der Waals surface area contributed by atoms with E-state index >= 15 is 0 Å². The third kappa shape index (κ3) is 10.1. The van der Waals surface area contributed by atoms with Gasteiger partial charge in [0.25, 0.3) is 0 Å². The van der Waals surface area contributed by atoms with E-state index in [0.717, 1.165) is 25.2 Å². The molecule has 0 aliphatic heterocycles. The molecular formula is C25H36N2O2. The second-order valence-corrected chi connectivity index (χ2v) is 7.71. The van der Waals surface area contributed by atoms with E-state index in [9.17, 15) is 4.79 Å². The zero-order valence-corrected chi connectivity index (χ0v) is 17.6. The van der Waals surface area contributed by atoms with Gasteiger partial charge < -0.3 is 10.0 Å². The van der Waals surface area contributed by atoms with Gasteiger partial charge in [0.05, 0.1) is 0 Å². The zero-order valence-electron chi connectivity index (χ0n) is 17.6. The first-order chi connectivity index (χ1) is 14.3. The predicted molar refractivity (Wildman–Crippen MR) is 121 cm³/mol. The van der Waals surface area contributed by atoms with Crippen molar-refractivity contribution in [1.82, 2.24) is 4.98 Å². The quantitative estimate of drug-likeness (QED) is 0.311. The number of hydrogen-bond acceptors (Lipinski definition) is 3. The average molecular weight is 397 g/mol. The molecule has 158 valence electrons. The zero-order chi connectivity index (χ0) is 20.6. The number of benzene rings is 1. The highest BCUT2D eigenvalue weighted by Gasteiger charge is 2.09. The lowest BCUT2D eigenvalue weighted by atomic mass is 10.0. The number of pyridine rings is 1. The summed E-state index contributed by atoms with van der Waals surface area (Å²) in [5, 5.41) is 8.62. The number of carbonyl (C=O) groups is 1. The molecule has 0 radical (unpaired) electrons. The number of nitrogens with zero attached hydrogens (tertiary/aromatic N) is 2. The summed E-state index contributed by atoms with van der Waals surface area (Å²) >= 11 is 0. The van der Waals surface area contributed by atoms with E-state index in [0.29, 0.717) is 6.42 Å². The predicted octanol–water partition coefficient (Wildman–Crippen LogP) is 6.99. The summed E-state index contributed by atoms with van der Waals surface area (Å²) < 4.78 is 0. The van der Waals surface area contributed by atoms with Crippen LogP contribution in [0.5, 0.6) is 0 Å². The second kappa shape index (κ2) is 14.6. The maximum atomic E-state index is 10.5. The molecule has 2 rings (SSSR count). The number of anilines is 2. The Kier molecular flexibility index (Phi) is 11.6. The van der Waals surface area contributed by atoms with Crippen LogP contribution >= 0.6 is 0 Å². The number of para-hydroxylation sites is 1. The summed E-state index contributed by atoms with van der Waals surface area (Å²) in [5.74, 6) is 0.346. The summed E-state index contributed by atoms with van der Waals surface area (Å²) in [5.41, 5.74) is 1.20. The molecule has 0 atom stereocenters. The van der Waals surface area contributed by atoms with Crippen LogP contribution in [-0.2, 0) is 4.79 Å². The first-order valence-electron chi connectivity index (χ1n) is 11.2. The van der Waals surface area contributed by atoms with Crippen LogP contribution in [0, 0.1) is 0 Å². The monoisotopic (exact) mass is 396 g/mol. The van der Waals surface area contributed by atoms with Gasteiger partial charge in [0, 0.05) is 24.8 Å². The van der Waals surface area contributed by atoms with Crippen molar-refractivity contribution in [1.29, 1.82) is 0 Å². The molecule has 0 saturated heterocycles. The molecule has 0 spiro atoms. The van der Waals surface area contributed by atoms with Crippen LogP contribution in [0.15, 0.2) is 54.7 Å². The normalized spacial score (nSPS) is 10.8. The van der Waals surface area contributed by atoms with E-state index in [-0.39, 0.29) is 0 Å². The molecule has 0 amide bonds. The van der Waals surface area contributed by atoms with Gasteiger partial charge >= 0.3 is 5.97 Å². The van der Waals surface area contributed by atoms with E-state index in [1.165, 1.54) is 63.5 Å². The number of carboxylic acid groups (broad SMARTS) is 1. The van der Waals surface area contributed by atoms with Gasteiger partial charge in [-0.25, -0.2) is 4.98 Å². The SMILES string of the molecule is O=C(O)CCCCCCCCCCCCCN(c1ccccc1)c1ccccn1. The minimum absolute atomic E-state index is 0.321. The van der Waals surface area contributed by atoms with Crippen LogP contribution in [0.1, 0.15) is 77.0 Å². The van der Waals surface area contributed by atoms with Gasteiger partial charge in [-0.1, -0.05) is 82.1 Å². The Hall–Kier alpha value is -2.36. The number of rotatable bonds is 16. The van der Waals surface area contributed by atoms with Gasteiger partial charge in [-0.3, -0.25) is 4.79 Å². The van der Waals surface area contributed by atoms with Gasteiger partial charge in [0.2, 0.25) is 0 Å². The van der Waals surface area contributed by atoms with Crippen molar-refractivity contribution >= 4 is 17.5 Å². The molecule has 1 aromatic carbocycles. The smallest absolute Gasteiger partial charge is 0.303 e. The molecule has 29 heavy (non-hydrogen) atoms. The summed E-state index contributed by atoms with van der Waals surface area (Å²) in [6, 6.07) is 16.6. The molecule has 1 heterocycles. The number of hydrogen-bond donors (Lipinski definition) is 1. The number of aliphatic carboxylic acids is 1. The molecule has 0 aliphatic rings.